The lowest BCUT2D eigenvalue weighted by molar-refractivity contribution is -0.208. The van der Waals surface area contributed by atoms with Gasteiger partial charge >= 0.3 is 5.97 Å². The average Bonchev–Trinajstić information content (AvgIpc) is 2.27. The largest absolute Gasteiger partial charge is 0.465 e. The van der Waals surface area contributed by atoms with Gasteiger partial charge < -0.3 is 14.9 Å². The van der Waals surface area contributed by atoms with Crippen LogP contribution in [0.3, 0.4) is 0 Å². The second kappa shape index (κ2) is 4.91. The Bertz CT molecular complexity index is 319. The number of ether oxygens (including phenoxy) is 1. The summed E-state index contributed by atoms with van der Waals surface area (Å²) >= 11 is 0. The van der Waals surface area contributed by atoms with E-state index in [4.69, 9.17) is 0 Å². The van der Waals surface area contributed by atoms with Crippen LogP contribution in [0, 0.1) is 0 Å². The molecule has 1 rings (SSSR count). The van der Waals surface area contributed by atoms with Crippen LogP contribution in [0.15, 0.2) is 30.3 Å². The third-order valence-electron chi connectivity index (χ3n) is 2.12. The average molecular weight is 210 g/mol. The van der Waals surface area contributed by atoms with Gasteiger partial charge in [0.15, 0.2) is 0 Å². The van der Waals surface area contributed by atoms with Gasteiger partial charge in [0.25, 0.3) is 5.79 Å². The lowest BCUT2D eigenvalue weighted by Crippen LogP contribution is -2.39. The third-order valence-corrected chi connectivity index (χ3v) is 2.12. The molecule has 0 aliphatic rings. The van der Waals surface area contributed by atoms with Gasteiger partial charge in [0.05, 0.1) is 7.11 Å². The molecule has 2 N–H and O–H groups in total. The molecule has 82 valence electrons. The summed E-state index contributed by atoms with van der Waals surface area (Å²) < 4.78 is 4.26. The summed E-state index contributed by atoms with van der Waals surface area (Å²) in [5.74, 6) is -3.43. The maximum Gasteiger partial charge on any atom is 0.366 e. The SMILES string of the molecule is COC(=O)C(O)(O)CCc1ccccc1. The summed E-state index contributed by atoms with van der Waals surface area (Å²) in [7, 11) is 1.12. The fraction of sp³-hybridized carbons (Fsp3) is 0.364. The van der Waals surface area contributed by atoms with Crippen LogP contribution in [-0.2, 0) is 16.0 Å². The molecule has 0 spiro atoms. The smallest absolute Gasteiger partial charge is 0.366 e. The van der Waals surface area contributed by atoms with E-state index >= 15 is 0 Å². The summed E-state index contributed by atoms with van der Waals surface area (Å²) in [6.45, 7) is 0. The zero-order valence-electron chi connectivity index (χ0n) is 8.51. The van der Waals surface area contributed by atoms with Gasteiger partial charge in [-0.05, 0) is 12.0 Å². The third kappa shape index (κ3) is 3.34. The van der Waals surface area contributed by atoms with E-state index < -0.39 is 11.8 Å². The van der Waals surface area contributed by atoms with E-state index in [0.717, 1.165) is 12.7 Å². The Balaban J connectivity index is 2.53. The molecule has 0 radical (unpaired) electrons. The minimum Gasteiger partial charge on any atom is -0.465 e. The lowest BCUT2D eigenvalue weighted by Gasteiger charge is -2.18. The Morgan fingerprint density at radius 2 is 1.93 bits per heavy atom. The Kier molecular flexibility index (Phi) is 3.82. The Labute approximate surface area is 88.1 Å². The highest BCUT2D eigenvalue weighted by atomic mass is 16.6. The number of aryl methyl sites for hydroxylation is 1. The van der Waals surface area contributed by atoms with Crippen LogP contribution >= 0.6 is 0 Å². The summed E-state index contributed by atoms with van der Waals surface area (Å²) in [5, 5.41) is 18.7. The number of benzene rings is 1. The summed E-state index contributed by atoms with van der Waals surface area (Å²) in [4.78, 5) is 10.9. The molecule has 1 aromatic rings. The molecule has 0 aliphatic carbocycles. The van der Waals surface area contributed by atoms with E-state index in [2.05, 4.69) is 4.74 Å². The first-order chi connectivity index (χ1) is 7.06. The second-order valence-electron chi connectivity index (χ2n) is 3.29. The molecule has 0 saturated carbocycles. The Morgan fingerprint density at radius 1 is 1.33 bits per heavy atom. The van der Waals surface area contributed by atoms with Crippen molar-refractivity contribution < 1.29 is 19.7 Å². The minimum absolute atomic E-state index is 0.0797. The van der Waals surface area contributed by atoms with E-state index in [1.165, 1.54) is 0 Å². The molecule has 0 bridgehead atoms. The van der Waals surface area contributed by atoms with Crippen molar-refractivity contribution in [2.24, 2.45) is 0 Å². The van der Waals surface area contributed by atoms with Gasteiger partial charge in [-0.3, -0.25) is 0 Å². The molecule has 0 amide bonds. The van der Waals surface area contributed by atoms with Crippen molar-refractivity contribution in [2.45, 2.75) is 18.6 Å². The summed E-state index contributed by atoms with van der Waals surface area (Å²) in [5.41, 5.74) is 0.939. The molecule has 4 heteroatoms. The Morgan fingerprint density at radius 3 is 2.47 bits per heavy atom. The van der Waals surface area contributed by atoms with Gasteiger partial charge in [0.2, 0.25) is 0 Å². The zero-order valence-corrected chi connectivity index (χ0v) is 8.51. The molecule has 0 saturated heterocycles. The molecular formula is C11H14O4. The maximum absolute atomic E-state index is 10.9. The molecule has 4 nitrogen and oxygen atoms in total. The van der Waals surface area contributed by atoms with E-state index in [1.807, 2.05) is 30.3 Å². The number of carbonyl (C=O) groups is 1. The van der Waals surface area contributed by atoms with Gasteiger partial charge in [-0.25, -0.2) is 4.79 Å². The van der Waals surface area contributed by atoms with Crippen LogP contribution in [0.1, 0.15) is 12.0 Å². The minimum atomic E-state index is -2.40. The number of methoxy groups -OCH3 is 1. The van der Waals surface area contributed by atoms with Crippen LogP contribution < -0.4 is 0 Å². The summed E-state index contributed by atoms with van der Waals surface area (Å²) in [6.07, 6.45) is 0.326. The highest BCUT2D eigenvalue weighted by molar-refractivity contribution is 5.76. The van der Waals surface area contributed by atoms with Crippen molar-refractivity contribution >= 4 is 5.97 Å². The molecule has 1 aromatic carbocycles. The van der Waals surface area contributed by atoms with Crippen molar-refractivity contribution in [3.8, 4) is 0 Å². The number of hydrogen-bond acceptors (Lipinski definition) is 4. The topological polar surface area (TPSA) is 66.8 Å². The fourth-order valence-corrected chi connectivity index (χ4v) is 1.23. The quantitative estimate of drug-likeness (QED) is 0.560. The van der Waals surface area contributed by atoms with Crippen molar-refractivity contribution in [2.75, 3.05) is 7.11 Å². The monoisotopic (exact) mass is 210 g/mol. The van der Waals surface area contributed by atoms with Gasteiger partial charge in [0.1, 0.15) is 0 Å². The number of aliphatic hydroxyl groups is 2. The second-order valence-corrected chi connectivity index (χ2v) is 3.29. The van der Waals surface area contributed by atoms with Crippen molar-refractivity contribution in [1.29, 1.82) is 0 Å². The van der Waals surface area contributed by atoms with Crippen LogP contribution in [0.2, 0.25) is 0 Å². The molecule has 0 fully saturated rings. The Hall–Kier alpha value is -1.39. The number of esters is 1. The predicted octanol–water partition coefficient (Wildman–Crippen LogP) is 0.473. The van der Waals surface area contributed by atoms with E-state index in [1.54, 1.807) is 0 Å². The summed E-state index contributed by atoms with van der Waals surface area (Å²) in [6, 6.07) is 9.28. The molecule has 0 atom stereocenters. The zero-order chi connectivity index (χ0) is 11.3. The first-order valence-corrected chi connectivity index (χ1v) is 4.63. The number of carbonyl (C=O) groups excluding carboxylic acids is 1. The van der Waals surface area contributed by atoms with E-state index in [9.17, 15) is 15.0 Å². The van der Waals surface area contributed by atoms with Crippen LogP contribution in [-0.4, -0.2) is 29.1 Å². The van der Waals surface area contributed by atoms with Crippen LogP contribution in [0.5, 0.6) is 0 Å². The van der Waals surface area contributed by atoms with Crippen molar-refractivity contribution in [1.82, 2.24) is 0 Å². The van der Waals surface area contributed by atoms with Crippen molar-refractivity contribution in [3.05, 3.63) is 35.9 Å². The highest BCUT2D eigenvalue weighted by Gasteiger charge is 2.33. The molecule has 15 heavy (non-hydrogen) atoms. The van der Waals surface area contributed by atoms with Crippen LogP contribution in [0.4, 0.5) is 0 Å². The predicted molar refractivity (Wildman–Crippen MR) is 53.9 cm³/mol. The van der Waals surface area contributed by atoms with Gasteiger partial charge in [-0.2, -0.15) is 0 Å². The molecule has 0 heterocycles. The first kappa shape index (κ1) is 11.7. The van der Waals surface area contributed by atoms with Gasteiger partial charge in [-0.15, -0.1) is 0 Å². The molecule has 0 aromatic heterocycles. The van der Waals surface area contributed by atoms with Crippen LogP contribution in [0.25, 0.3) is 0 Å². The lowest BCUT2D eigenvalue weighted by atomic mass is 10.0. The molecule has 0 unspecified atom stereocenters. The van der Waals surface area contributed by atoms with E-state index in [-0.39, 0.29) is 6.42 Å². The standard InChI is InChI=1S/C11H14O4/c1-15-10(12)11(13,14)8-7-9-5-3-2-4-6-9/h2-6,13-14H,7-8H2,1H3. The highest BCUT2D eigenvalue weighted by Crippen LogP contribution is 2.13. The van der Waals surface area contributed by atoms with Gasteiger partial charge in [-0.1, -0.05) is 30.3 Å². The van der Waals surface area contributed by atoms with Crippen molar-refractivity contribution in [3.63, 3.8) is 0 Å². The fourth-order valence-electron chi connectivity index (χ4n) is 1.23. The molecule has 0 aliphatic heterocycles. The van der Waals surface area contributed by atoms with Gasteiger partial charge in [0, 0.05) is 6.42 Å². The molecular weight excluding hydrogens is 196 g/mol. The number of hydrogen-bond donors (Lipinski definition) is 2. The first-order valence-electron chi connectivity index (χ1n) is 4.63. The van der Waals surface area contributed by atoms with E-state index in [0.29, 0.717) is 6.42 Å². The normalized spacial score (nSPS) is 11.1. The number of rotatable bonds is 4. The maximum atomic E-state index is 10.9.